The minimum Gasteiger partial charge on any atom is -0.444 e. The van der Waals surface area contributed by atoms with Crippen molar-refractivity contribution in [1.29, 1.82) is 0 Å². The topological polar surface area (TPSA) is 67.9 Å². The van der Waals surface area contributed by atoms with Gasteiger partial charge in [0.05, 0.1) is 12.3 Å². The van der Waals surface area contributed by atoms with Crippen LogP contribution in [0.3, 0.4) is 0 Å². The molecule has 29 heavy (non-hydrogen) atoms. The van der Waals surface area contributed by atoms with Crippen molar-refractivity contribution < 1.29 is 19.1 Å². The molecule has 1 aliphatic heterocycles. The molecule has 0 unspecified atom stereocenters. The Balaban J connectivity index is 2.01. The van der Waals surface area contributed by atoms with E-state index in [9.17, 15) is 9.59 Å². The lowest BCUT2D eigenvalue weighted by atomic mass is 10.0. The summed E-state index contributed by atoms with van der Waals surface area (Å²) in [7, 11) is 0. The van der Waals surface area contributed by atoms with Gasteiger partial charge in [-0.3, -0.25) is 10.1 Å². The van der Waals surface area contributed by atoms with E-state index in [0.29, 0.717) is 17.8 Å². The molecule has 0 bridgehead atoms. The third kappa shape index (κ3) is 4.32. The zero-order valence-electron chi connectivity index (χ0n) is 17.0. The Bertz CT molecular complexity index is 905. The first kappa shape index (κ1) is 20.6. The number of hydrogen-bond donors (Lipinski definition) is 1. The number of alkyl carbamates (subject to hydrolysis) is 1. The van der Waals surface area contributed by atoms with Gasteiger partial charge in [-0.1, -0.05) is 54.6 Å². The zero-order valence-corrected chi connectivity index (χ0v) is 17.0. The molecule has 0 aliphatic carbocycles. The molecule has 2 aromatic rings. The number of ether oxygens (including phenoxy) is 2. The Hall–Kier alpha value is -3.12. The number of rotatable bonds is 6. The average Bonchev–Trinajstić information content (AvgIpc) is 2.89. The van der Waals surface area contributed by atoms with Crippen LogP contribution < -0.4 is 10.2 Å². The molecule has 2 aromatic carbocycles. The first-order valence-corrected chi connectivity index (χ1v) is 9.48. The number of para-hydroxylation sites is 1. The van der Waals surface area contributed by atoms with Gasteiger partial charge in [-0.05, 0) is 32.4 Å². The number of anilines is 1. The van der Waals surface area contributed by atoms with E-state index in [1.54, 1.807) is 43.9 Å². The van der Waals surface area contributed by atoms with E-state index in [4.69, 9.17) is 9.47 Å². The maximum atomic E-state index is 13.5. The standard InChI is InChI=1S/C23H26N2O4/c1-5-15-25-19-14-10-9-13-18(19)23(20(25)26,24-21(27)29-22(2,3)4)28-16-17-11-7-6-8-12-17/h5-14H,1,15-16H2,2-4H3,(H,24,27)/t23-/m1/s1. The van der Waals surface area contributed by atoms with E-state index in [1.807, 2.05) is 42.5 Å². The lowest BCUT2D eigenvalue weighted by Crippen LogP contribution is -2.55. The molecule has 1 atom stereocenters. The van der Waals surface area contributed by atoms with Gasteiger partial charge in [-0.2, -0.15) is 0 Å². The van der Waals surface area contributed by atoms with Crippen LogP contribution in [0.1, 0.15) is 31.9 Å². The number of benzene rings is 2. The van der Waals surface area contributed by atoms with Crippen molar-refractivity contribution in [3.63, 3.8) is 0 Å². The lowest BCUT2D eigenvalue weighted by Gasteiger charge is -2.31. The van der Waals surface area contributed by atoms with Crippen LogP contribution in [-0.2, 0) is 26.6 Å². The van der Waals surface area contributed by atoms with Gasteiger partial charge in [0.2, 0.25) is 0 Å². The molecule has 3 rings (SSSR count). The van der Waals surface area contributed by atoms with Gasteiger partial charge in [0.15, 0.2) is 0 Å². The fourth-order valence-corrected chi connectivity index (χ4v) is 3.24. The van der Waals surface area contributed by atoms with E-state index in [1.165, 1.54) is 0 Å². The van der Waals surface area contributed by atoms with Crippen LogP contribution in [0, 0.1) is 0 Å². The van der Waals surface area contributed by atoms with Crippen molar-refractivity contribution in [2.75, 3.05) is 11.4 Å². The molecule has 0 radical (unpaired) electrons. The Morgan fingerprint density at radius 1 is 1.14 bits per heavy atom. The lowest BCUT2D eigenvalue weighted by molar-refractivity contribution is -0.151. The highest BCUT2D eigenvalue weighted by Crippen LogP contribution is 2.41. The smallest absolute Gasteiger partial charge is 0.410 e. The number of carbonyl (C=O) groups excluding carboxylic acids is 2. The fraction of sp³-hybridized carbons (Fsp3) is 0.304. The van der Waals surface area contributed by atoms with Gasteiger partial charge in [0.1, 0.15) is 5.60 Å². The number of carbonyl (C=O) groups is 2. The summed E-state index contributed by atoms with van der Waals surface area (Å²) in [5.41, 5.74) is -0.287. The molecule has 1 heterocycles. The Labute approximate surface area is 171 Å². The highest BCUT2D eigenvalue weighted by atomic mass is 16.6. The monoisotopic (exact) mass is 394 g/mol. The number of amides is 2. The third-order valence-electron chi connectivity index (χ3n) is 4.41. The molecule has 6 nitrogen and oxygen atoms in total. The Morgan fingerprint density at radius 3 is 2.45 bits per heavy atom. The molecule has 2 amide bonds. The second-order valence-electron chi connectivity index (χ2n) is 7.80. The maximum Gasteiger partial charge on any atom is 0.410 e. The quantitative estimate of drug-likeness (QED) is 0.591. The molecule has 6 heteroatoms. The minimum absolute atomic E-state index is 0.138. The van der Waals surface area contributed by atoms with Gasteiger partial charge in [-0.25, -0.2) is 4.79 Å². The van der Waals surface area contributed by atoms with Crippen LogP contribution >= 0.6 is 0 Å². The number of hydrogen-bond acceptors (Lipinski definition) is 4. The summed E-state index contributed by atoms with van der Waals surface area (Å²) < 4.78 is 11.6. The summed E-state index contributed by atoms with van der Waals surface area (Å²) in [5, 5.41) is 2.70. The summed E-state index contributed by atoms with van der Waals surface area (Å²) in [6, 6.07) is 16.7. The van der Waals surface area contributed by atoms with E-state index in [2.05, 4.69) is 11.9 Å². The molecule has 0 spiro atoms. The molecule has 1 N–H and O–H groups in total. The van der Waals surface area contributed by atoms with E-state index in [-0.39, 0.29) is 12.5 Å². The first-order chi connectivity index (χ1) is 13.8. The van der Waals surface area contributed by atoms with Crippen LogP contribution in [0.25, 0.3) is 0 Å². The number of fused-ring (bicyclic) bond motifs is 1. The predicted octanol–water partition coefficient (Wildman–Crippen LogP) is 4.11. The fourth-order valence-electron chi connectivity index (χ4n) is 3.24. The van der Waals surface area contributed by atoms with Gasteiger partial charge in [0.25, 0.3) is 11.6 Å². The summed E-state index contributed by atoms with van der Waals surface area (Å²) >= 11 is 0. The maximum absolute atomic E-state index is 13.5. The van der Waals surface area contributed by atoms with Gasteiger partial charge in [0, 0.05) is 12.1 Å². The Kier molecular flexibility index (Phi) is 5.75. The highest BCUT2D eigenvalue weighted by Gasteiger charge is 2.54. The molecule has 0 saturated heterocycles. The van der Waals surface area contributed by atoms with Crippen LogP contribution in [-0.4, -0.2) is 24.1 Å². The average molecular weight is 394 g/mol. The SMILES string of the molecule is C=CCN1C(=O)[C@](NC(=O)OC(C)(C)C)(OCc2ccccc2)c2ccccc21. The van der Waals surface area contributed by atoms with E-state index < -0.39 is 17.4 Å². The number of nitrogens with one attached hydrogen (secondary N) is 1. The second kappa shape index (κ2) is 8.09. The van der Waals surface area contributed by atoms with Crippen LogP contribution in [0.2, 0.25) is 0 Å². The molecule has 152 valence electrons. The molecule has 0 aromatic heterocycles. The van der Waals surface area contributed by atoms with Crippen molar-refractivity contribution in [1.82, 2.24) is 5.32 Å². The van der Waals surface area contributed by atoms with Crippen molar-refractivity contribution in [3.8, 4) is 0 Å². The molecular weight excluding hydrogens is 368 g/mol. The molecule has 1 aliphatic rings. The van der Waals surface area contributed by atoms with Crippen molar-refractivity contribution in [2.24, 2.45) is 0 Å². The summed E-state index contributed by atoms with van der Waals surface area (Å²) in [6.07, 6.45) is 0.907. The molecule has 0 fully saturated rings. The van der Waals surface area contributed by atoms with Crippen molar-refractivity contribution in [2.45, 2.75) is 38.7 Å². The first-order valence-electron chi connectivity index (χ1n) is 9.48. The van der Waals surface area contributed by atoms with Crippen LogP contribution in [0.5, 0.6) is 0 Å². The van der Waals surface area contributed by atoms with Gasteiger partial charge >= 0.3 is 6.09 Å². The minimum atomic E-state index is -1.68. The van der Waals surface area contributed by atoms with Crippen molar-refractivity contribution in [3.05, 3.63) is 78.4 Å². The second-order valence-corrected chi connectivity index (χ2v) is 7.80. The third-order valence-corrected chi connectivity index (χ3v) is 4.41. The highest BCUT2D eigenvalue weighted by molar-refractivity contribution is 6.08. The van der Waals surface area contributed by atoms with Crippen molar-refractivity contribution >= 4 is 17.7 Å². The van der Waals surface area contributed by atoms with E-state index in [0.717, 1.165) is 5.56 Å². The zero-order chi connectivity index (χ0) is 21.1. The molecular formula is C23H26N2O4. The summed E-state index contributed by atoms with van der Waals surface area (Å²) in [6.45, 7) is 9.45. The number of nitrogens with zero attached hydrogens (tertiary/aromatic N) is 1. The van der Waals surface area contributed by atoms with Crippen LogP contribution in [0.4, 0.5) is 10.5 Å². The largest absolute Gasteiger partial charge is 0.444 e. The molecule has 0 saturated carbocycles. The van der Waals surface area contributed by atoms with Gasteiger partial charge in [-0.15, -0.1) is 6.58 Å². The normalized spacial score (nSPS) is 18.3. The summed E-state index contributed by atoms with van der Waals surface area (Å²) in [5.74, 6) is -0.389. The van der Waals surface area contributed by atoms with Crippen LogP contribution in [0.15, 0.2) is 67.3 Å². The van der Waals surface area contributed by atoms with Gasteiger partial charge < -0.3 is 14.4 Å². The predicted molar refractivity (Wildman–Crippen MR) is 111 cm³/mol. The van der Waals surface area contributed by atoms with E-state index >= 15 is 0 Å². The Morgan fingerprint density at radius 2 is 1.79 bits per heavy atom. The summed E-state index contributed by atoms with van der Waals surface area (Å²) in [4.78, 5) is 27.7.